The Morgan fingerprint density at radius 3 is 1.47 bits per heavy atom. The van der Waals surface area contributed by atoms with Gasteiger partial charge in [0.25, 0.3) is 5.91 Å². The van der Waals surface area contributed by atoms with Crippen LogP contribution in [0.4, 0.5) is 4.79 Å². The Morgan fingerprint density at radius 2 is 1.02 bits per heavy atom. The van der Waals surface area contributed by atoms with Gasteiger partial charge in [0.2, 0.25) is 17.7 Å². The van der Waals surface area contributed by atoms with E-state index in [0.29, 0.717) is 77.5 Å². The fraction of sp³-hybridized carbons (Fsp3) is 0.550. The molecule has 284 valence electrons. The average Bonchev–Trinajstić information content (AvgIpc) is 3.99. The standard InChI is InChI=1S/C40H51N5O8/c1-40(2,3)53-39(51)45-25-12-20-31(45)37(49)43-23-10-18-29(43)35(47)42-22-11-19-30(42)36(48)44-24-13-21-32(44)38(50)52-26-33(46)41-34(27-14-6-4-7-15-27)28-16-8-5-9-17-28/h4-9,14-17,29-32,34H,10-13,18-26H2,1-3H3,(H,41,46)/t29-,30-,31+,32+/m0/s1. The second-order valence-corrected chi connectivity index (χ2v) is 15.3. The summed E-state index contributed by atoms with van der Waals surface area (Å²) in [7, 11) is 0. The van der Waals surface area contributed by atoms with E-state index in [0.717, 1.165) is 11.1 Å². The minimum absolute atomic E-state index is 0.267. The largest absolute Gasteiger partial charge is 0.454 e. The predicted molar refractivity (Wildman–Crippen MR) is 194 cm³/mol. The summed E-state index contributed by atoms with van der Waals surface area (Å²) < 4.78 is 11.1. The van der Waals surface area contributed by atoms with Gasteiger partial charge in [-0.1, -0.05) is 60.7 Å². The molecular weight excluding hydrogens is 678 g/mol. The highest BCUT2D eigenvalue weighted by Crippen LogP contribution is 2.31. The Hall–Kier alpha value is -4.94. The number of likely N-dealkylation sites (tertiary alicyclic amines) is 4. The molecule has 4 fully saturated rings. The van der Waals surface area contributed by atoms with Gasteiger partial charge in [-0.2, -0.15) is 0 Å². The van der Waals surface area contributed by atoms with E-state index >= 15 is 0 Å². The Labute approximate surface area is 310 Å². The number of carbonyl (C=O) groups excluding carboxylic acids is 6. The molecule has 13 nitrogen and oxygen atoms in total. The fourth-order valence-corrected chi connectivity index (χ4v) is 8.07. The zero-order chi connectivity index (χ0) is 37.7. The molecule has 0 bridgehead atoms. The van der Waals surface area contributed by atoms with E-state index in [1.807, 2.05) is 60.7 Å². The van der Waals surface area contributed by atoms with E-state index < -0.39 is 60.4 Å². The molecule has 13 heteroatoms. The monoisotopic (exact) mass is 729 g/mol. The lowest BCUT2D eigenvalue weighted by atomic mass is 9.99. The average molecular weight is 730 g/mol. The Morgan fingerprint density at radius 1 is 0.623 bits per heavy atom. The summed E-state index contributed by atoms with van der Waals surface area (Å²) in [5.41, 5.74) is 1.06. The van der Waals surface area contributed by atoms with Gasteiger partial charge in [0.05, 0.1) is 6.04 Å². The van der Waals surface area contributed by atoms with Gasteiger partial charge < -0.3 is 29.5 Å². The minimum Gasteiger partial charge on any atom is -0.454 e. The molecule has 0 saturated carbocycles. The summed E-state index contributed by atoms with van der Waals surface area (Å²) in [6.07, 6.45) is 3.77. The van der Waals surface area contributed by atoms with Crippen LogP contribution in [0.2, 0.25) is 0 Å². The second kappa shape index (κ2) is 16.4. The topological polar surface area (TPSA) is 146 Å². The molecule has 4 atom stereocenters. The molecule has 4 heterocycles. The van der Waals surface area contributed by atoms with E-state index in [2.05, 4.69) is 5.32 Å². The number of ether oxygens (including phenoxy) is 2. The first-order chi connectivity index (χ1) is 25.4. The highest BCUT2D eigenvalue weighted by atomic mass is 16.6. The summed E-state index contributed by atoms with van der Waals surface area (Å²) in [6, 6.07) is 15.5. The van der Waals surface area contributed by atoms with Crippen molar-refractivity contribution < 1.29 is 38.2 Å². The second-order valence-electron chi connectivity index (χ2n) is 15.3. The molecular formula is C40H51N5O8. The maximum absolute atomic E-state index is 14.1. The minimum atomic E-state index is -0.863. The van der Waals surface area contributed by atoms with Crippen molar-refractivity contribution in [1.82, 2.24) is 24.9 Å². The highest BCUT2D eigenvalue weighted by molar-refractivity contribution is 5.96. The Kier molecular flexibility index (Phi) is 11.7. The molecule has 5 amide bonds. The van der Waals surface area contributed by atoms with Crippen LogP contribution in [0.15, 0.2) is 60.7 Å². The number of hydrogen-bond acceptors (Lipinski definition) is 8. The molecule has 4 aliphatic heterocycles. The summed E-state index contributed by atoms with van der Waals surface area (Å²) in [4.78, 5) is 87.5. The molecule has 0 spiro atoms. The molecule has 6 rings (SSSR count). The third-order valence-electron chi connectivity index (χ3n) is 10.5. The molecule has 53 heavy (non-hydrogen) atoms. The summed E-state index contributed by atoms with van der Waals surface area (Å²) >= 11 is 0. The van der Waals surface area contributed by atoms with Gasteiger partial charge in [0.15, 0.2) is 6.61 Å². The van der Waals surface area contributed by atoms with E-state index in [4.69, 9.17) is 9.47 Å². The van der Waals surface area contributed by atoms with Crippen LogP contribution in [0.5, 0.6) is 0 Å². The van der Waals surface area contributed by atoms with Gasteiger partial charge in [0, 0.05) is 26.2 Å². The summed E-state index contributed by atoms with van der Waals surface area (Å²) in [5.74, 6) is -2.00. The quantitative estimate of drug-likeness (QED) is 0.384. The number of amides is 5. The first-order valence-electron chi connectivity index (χ1n) is 18.9. The number of esters is 1. The van der Waals surface area contributed by atoms with Crippen molar-refractivity contribution in [2.45, 2.75) is 108 Å². The first-order valence-corrected chi connectivity index (χ1v) is 18.9. The third-order valence-corrected chi connectivity index (χ3v) is 10.5. The molecule has 0 unspecified atom stereocenters. The lowest BCUT2D eigenvalue weighted by molar-refractivity contribution is -0.158. The molecule has 1 N–H and O–H groups in total. The molecule has 0 radical (unpaired) electrons. The lowest BCUT2D eigenvalue weighted by Gasteiger charge is -2.35. The maximum atomic E-state index is 14.1. The number of carbonyl (C=O) groups is 6. The molecule has 2 aromatic rings. The zero-order valence-electron chi connectivity index (χ0n) is 30.9. The van der Waals surface area contributed by atoms with Crippen molar-refractivity contribution in [1.29, 1.82) is 0 Å². The van der Waals surface area contributed by atoms with E-state index in [1.54, 1.807) is 30.6 Å². The van der Waals surface area contributed by atoms with Crippen molar-refractivity contribution in [2.24, 2.45) is 0 Å². The van der Waals surface area contributed by atoms with Crippen molar-refractivity contribution in [3.05, 3.63) is 71.8 Å². The van der Waals surface area contributed by atoms with Crippen molar-refractivity contribution in [2.75, 3.05) is 32.8 Å². The van der Waals surface area contributed by atoms with E-state index in [-0.39, 0.29) is 17.7 Å². The molecule has 4 aliphatic rings. The van der Waals surface area contributed by atoms with Crippen molar-refractivity contribution in [3.8, 4) is 0 Å². The van der Waals surface area contributed by atoms with Crippen LogP contribution >= 0.6 is 0 Å². The number of rotatable bonds is 9. The molecule has 0 aliphatic carbocycles. The van der Waals surface area contributed by atoms with Crippen LogP contribution in [-0.4, -0.2) is 118 Å². The number of nitrogens with one attached hydrogen (secondary N) is 1. The van der Waals surface area contributed by atoms with Crippen molar-refractivity contribution >= 4 is 35.7 Å². The van der Waals surface area contributed by atoms with Gasteiger partial charge in [-0.15, -0.1) is 0 Å². The van der Waals surface area contributed by atoms with Crippen LogP contribution in [0, 0.1) is 0 Å². The van der Waals surface area contributed by atoms with Crippen LogP contribution in [0.3, 0.4) is 0 Å². The van der Waals surface area contributed by atoms with Crippen LogP contribution < -0.4 is 5.32 Å². The van der Waals surface area contributed by atoms with Gasteiger partial charge >= 0.3 is 12.1 Å². The van der Waals surface area contributed by atoms with E-state index in [1.165, 1.54) is 9.80 Å². The highest BCUT2D eigenvalue weighted by Gasteiger charge is 2.48. The molecule has 2 aromatic carbocycles. The lowest BCUT2D eigenvalue weighted by Crippen LogP contribution is -2.57. The normalized spacial score (nSPS) is 23.0. The third kappa shape index (κ3) is 8.66. The van der Waals surface area contributed by atoms with Crippen LogP contribution in [0.25, 0.3) is 0 Å². The summed E-state index contributed by atoms with van der Waals surface area (Å²) in [6.45, 7) is 6.35. The number of hydrogen-bond donors (Lipinski definition) is 1. The number of nitrogens with zero attached hydrogens (tertiary/aromatic N) is 4. The summed E-state index contributed by atoms with van der Waals surface area (Å²) in [5, 5.41) is 2.97. The SMILES string of the molecule is CC(C)(C)OC(=O)N1CCC[C@@H]1C(=O)N1CCC[C@H]1C(=O)N1CCC[C@H]1C(=O)N1CCC[C@@H]1C(=O)OCC(=O)NC(c1ccccc1)c1ccccc1. The van der Waals surface area contributed by atoms with Gasteiger partial charge in [0.1, 0.15) is 29.8 Å². The Bertz CT molecular complexity index is 1620. The zero-order valence-corrected chi connectivity index (χ0v) is 30.9. The molecule has 4 saturated heterocycles. The number of benzene rings is 2. The van der Waals surface area contributed by atoms with Gasteiger partial charge in [-0.25, -0.2) is 9.59 Å². The van der Waals surface area contributed by atoms with Crippen molar-refractivity contribution in [3.63, 3.8) is 0 Å². The van der Waals surface area contributed by atoms with Crippen LogP contribution in [0.1, 0.15) is 89.3 Å². The Balaban J connectivity index is 1.06. The van der Waals surface area contributed by atoms with Gasteiger partial charge in [-0.05, 0) is 83.3 Å². The van der Waals surface area contributed by atoms with Gasteiger partial charge in [-0.3, -0.25) is 24.1 Å². The first kappa shape index (κ1) is 37.8. The predicted octanol–water partition coefficient (Wildman–Crippen LogP) is 3.81. The fourth-order valence-electron chi connectivity index (χ4n) is 8.07. The smallest absolute Gasteiger partial charge is 0.410 e. The van der Waals surface area contributed by atoms with Crippen LogP contribution in [-0.2, 0) is 33.4 Å². The maximum Gasteiger partial charge on any atom is 0.410 e. The van der Waals surface area contributed by atoms with E-state index in [9.17, 15) is 28.8 Å². The molecule has 0 aromatic heterocycles.